The van der Waals surface area contributed by atoms with Crippen LogP contribution < -0.4 is 0 Å². The fourth-order valence-electron chi connectivity index (χ4n) is 4.20. The van der Waals surface area contributed by atoms with Gasteiger partial charge in [0.25, 0.3) is 0 Å². The maximum Gasteiger partial charge on any atom is 0.226 e. The Morgan fingerprint density at radius 2 is 2.00 bits per heavy atom. The van der Waals surface area contributed by atoms with Gasteiger partial charge in [0, 0.05) is 32.6 Å². The van der Waals surface area contributed by atoms with Crippen molar-refractivity contribution in [2.45, 2.75) is 39.0 Å². The van der Waals surface area contributed by atoms with Gasteiger partial charge in [0.2, 0.25) is 11.8 Å². The molecule has 3 rings (SSSR count). The minimum atomic E-state index is -0.280. The Bertz CT molecular complexity index is 684. The largest absolute Gasteiger partial charge is 0.395 e. The first-order valence-corrected chi connectivity index (χ1v) is 9.34. The van der Waals surface area contributed by atoms with E-state index in [4.69, 9.17) is 5.11 Å². The molecule has 2 aliphatic rings. The first-order chi connectivity index (χ1) is 12.4. The highest BCUT2D eigenvalue weighted by Crippen LogP contribution is 2.40. The predicted molar refractivity (Wildman–Crippen MR) is 96.0 cm³/mol. The van der Waals surface area contributed by atoms with Crippen LogP contribution in [0.25, 0.3) is 0 Å². The van der Waals surface area contributed by atoms with Crippen LogP contribution in [0.4, 0.5) is 4.39 Å². The van der Waals surface area contributed by atoms with Crippen molar-refractivity contribution in [1.29, 1.82) is 0 Å². The number of likely N-dealkylation sites (tertiary alicyclic amines) is 2. The first-order valence-electron chi connectivity index (χ1n) is 9.34. The lowest BCUT2D eigenvalue weighted by Gasteiger charge is -2.47. The summed E-state index contributed by atoms with van der Waals surface area (Å²) >= 11 is 0. The molecule has 1 N–H and O–H groups in total. The zero-order valence-corrected chi connectivity index (χ0v) is 15.3. The molecule has 5 nitrogen and oxygen atoms in total. The van der Waals surface area contributed by atoms with Gasteiger partial charge in [0.15, 0.2) is 0 Å². The topological polar surface area (TPSA) is 60.9 Å². The molecule has 2 amide bonds. The van der Waals surface area contributed by atoms with Crippen LogP contribution >= 0.6 is 0 Å². The van der Waals surface area contributed by atoms with Gasteiger partial charge >= 0.3 is 0 Å². The van der Waals surface area contributed by atoms with E-state index in [-0.39, 0.29) is 29.7 Å². The third-order valence-electron chi connectivity index (χ3n) is 5.94. The molecule has 1 aromatic rings. The van der Waals surface area contributed by atoms with Gasteiger partial charge in [-0.25, -0.2) is 4.39 Å². The molecule has 0 atom stereocenters. The molecule has 2 saturated heterocycles. The number of carbonyl (C=O) groups excluding carboxylic acids is 2. The molecular weight excluding hydrogens is 335 g/mol. The molecule has 26 heavy (non-hydrogen) atoms. The number of carbonyl (C=O) groups is 2. The van der Waals surface area contributed by atoms with Gasteiger partial charge < -0.3 is 14.9 Å². The Morgan fingerprint density at radius 3 is 2.65 bits per heavy atom. The fraction of sp³-hybridized carbons (Fsp3) is 0.600. The van der Waals surface area contributed by atoms with Gasteiger partial charge in [-0.05, 0) is 54.9 Å². The number of benzene rings is 1. The Kier molecular flexibility index (Phi) is 5.61. The second-order valence-corrected chi connectivity index (χ2v) is 7.67. The Morgan fingerprint density at radius 1 is 1.27 bits per heavy atom. The second-order valence-electron chi connectivity index (χ2n) is 7.67. The number of hydrogen-bond acceptors (Lipinski definition) is 3. The van der Waals surface area contributed by atoms with E-state index in [1.165, 1.54) is 12.1 Å². The number of nitrogens with zero attached hydrogens (tertiary/aromatic N) is 2. The van der Waals surface area contributed by atoms with Crippen LogP contribution in [-0.4, -0.2) is 59.5 Å². The zero-order valence-electron chi connectivity index (χ0n) is 15.3. The molecule has 142 valence electrons. The minimum Gasteiger partial charge on any atom is -0.395 e. The third-order valence-corrected chi connectivity index (χ3v) is 5.94. The van der Waals surface area contributed by atoms with E-state index < -0.39 is 0 Å². The number of piperidine rings is 2. The van der Waals surface area contributed by atoms with Crippen molar-refractivity contribution in [1.82, 2.24) is 9.80 Å². The molecule has 0 aromatic heterocycles. The highest BCUT2D eigenvalue weighted by Gasteiger charge is 2.41. The third kappa shape index (κ3) is 4.06. The van der Waals surface area contributed by atoms with Crippen molar-refractivity contribution in [3.63, 3.8) is 0 Å². The van der Waals surface area contributed by atoms with Crippen molar-refractivity contribution in [3.8, 4) is 0 Å². The van der Waals surface area contributed by atoms with E-state index in [1.54, 1.807) is 11.0 Å². The van der Waals surface area contributed by atoms with Crippen LogP contribution in [-0.2, 0) is 16.0 Å². The van der Waals surface area contributed by atoms with Crippen molar-refractivity contribution < 1.29 is 19.1 Å². The number of rotatable bonds is 4. The van der Waals surface area contributed by atoms with E-state index in [0.717, 1.165) is 30.4 Å². The molecular formula is C20H27FN2O3. The molecule has 0 bridgehead atoms. The maximum absolute atomic E-state index is 13.2. The van der Waals surface area contributed by atoms with Gasteiger partial charge in [-0.15, -0.1) is 0 Å². The van der Waals surface area contributed by atoms with Crippen molar-refractivity contribution in [3.05, 3.63) is 35.1 Å². The molecule has 2 aliphatic heterocycles. The predicted octanol–water partition coefficient (Wildman–Crippen LogP) is 1.90. The molecule has 6 heteroatoms. The van der Waals surface area contributed by atoms with Crippen LogP contribution in [0, 0.1) is 18.2 Å². The van der Waals surface area contributed by atoms with Crippen LogP contribution in [0.15, 0.2) is 18.2 Å². The van der Waals surface area contributed by atoms with Crippen molar-refractivity contribution in [2.24, 2.45) is 5.41 Å². The van der Waals surface area contributed by atoms with Crippen LogP contribution in [0.3, 0.4) is 0 Å². The number of aliphatic hydroxyl groups excluding tert-OH is 1. The molecule has 2 fully saturated rings. The molecule has 1 spiro atoms. The summed E-state index contributed by atoms with van der Waals surface area (Å²) in [5.74, 6) is -0.0819. The minimum absolute atomic E-state index is 0.0105. The monoisotopic (exact) mass is 362 g/mol. The number of hydrogen-bond donors (Lipinski definition) is 1. The quantitative estimate of drug-likeness (QED) is 0.890. The Labute approximate surface area is 153 Å². The lowest BCUT2D eigenvalue weighted by Crippen LogP contribution is -2.53. The lowest BCUT2D eigenvalue weighted by atomic mass is 9.72. The average Bonchev–Trinajstić information content (AvgIpc) is 2.61. The molecule has 0 unspecified atom stereocenters. The Hall–Kier alpha value is -1.95. The summed E-state index contributed by atoms with van der Waals surface area (Å²) in [7, 11) is 0. The lowest BCUT2D eigenvalue weighted by molar-refractivity contribution is -0.142. The van der Waals surface area contributed by atoms with Gasteiger partial charge in [0.1, 0.15) is 5.82 Å². The first kappa shape index (κ1) is 18.8. The standard InChI is InChI=1S/C20H27FN2O3/c1-15-12-17(21)3-2-16(15)13-19(26)22-8-6-20(7-9-22)5-4-18(25)23(14-20)10-11-24/h2-3,12,24H,4-11,13-14H2,1H3. The highest BCUT2D eigenvalue weighted by atomic mass is 19.1. The summed E-state index contributed by atoms with van der Waals surface area (Å²) in [6.45, 7) is 4.29. The van der Waals surface area contributed by atoms with E-state index in [1.807, 2.05) is 11.8 Å². The van der Waals surface area contributed by atoms with Crippen LogP contribution in [0.5, 0.6) is 0 Å². The van der Waals surface area contributed by atoms with Crippen LogP contribution in [0.2, 0.25) is 0 Å². The van der Waals surface area contributed by atoms with Crippen LogP contribution in [0.1, 0.15) is 36.8 Å². The van der Waals surface area contributed by atoms with Gasteiger partial charge in [-0.1, -0.05) is 6.07 Å². The fourth-order valence-corrected chi connectivity index (χ4v) is 4.20. The number of halogens is 1. The summed E-state index contributed by atoms with van der Waals surface area (Å²) < 4.78 is 13.2. The van der Waals surface area contributed by atoms with Gasteiger partial charge in [-0.3, -0.25) is 9.59 Å². The van der Waals surface area contributed by atoms with Gasteiger partial charge in [-0.2, -0.15) is 0 Å². The van der Waals surface area contributed by atoms with E-state index in [9.17, 15) is 14.0 Å². The number of amides is 2. The number of β-amino-alcohol motifs (C(OH)–C–C–N with tert-alkyl or cyclic N) is 1. The Balaban J connectivity index is 1.57. The van der Waals surface area contributed by atoms with E-state index in [2.05, 4.69) is 0 Å². The number of aliphatic hydroxyl groups is 1. The van der Waals surface area contributed by atoms with Crippen molar-refractivity contribution >= 4 is 11.8 Å². The molecule has 0 aliphatic carbocycles. The average molecular weight is 362 g/mol. The number of aryl methyl sites for hydroxylation is 1. The van der Waals surface area contributed by atoms with E-state index >= 15 is 0 Å². The summed E-state index contributed by atoms with van der Waals surface area (Å²) in [5, 5.41) is 9.15. The zero-order chi connectivity index (χ0) is 18.7. The summed E-state index contributed by atoms with van der Waals surface area (Å²) in [5.41, 5.74) is 1.75. The molecule has 1 aromatic carbocycles. The summed E-state index contributed by atoms with van der Waals surface area (Å²) in [4.78, 5) is 28.3. The van der Waals surface area contributed by atoms with E-state index in [0.29, 0.717) is 39.0 Å². The second kappa shape index (κ2) is 7.74. The summed E-state index contributed by atoms with van der Waals surface area (Å²) in [6, 6.07) is 4.55. The molecule has 2 heterocycles. The summed E-state index contributed by atoms with van der Waals surface area (Å²) in [6.07, 6.45) is 3.47. The molecule has 0 radical (unpaired) electrons. The van der Waals surface area contributed by atoms with Gasteiger partial charge in [0.05, 0.1) is 13.0 Å². The smallest absolute Gasteiger partial charge is 0.226 e. The highest BCUT2D eigenvalue weighted by molar-refractivity contribution is 5.79. The molecule has 0 saturated carbocycles. The SMILES string of the molecule is Cc1cc(F)ccc1CC(=O)N1CCC2(CCC(=O)N(CCO)C2)CC1. The van der Waals surface area contributed by atoms with Crippen molar-refractivity contribution in [2.75, 3.05) is 32.8 Å². The normalized spacial score (nSPS) is 19.9. The maximum atomic E-state index is 13.2.